The van der Waals surface area contributed by atoms with E-state index >= 15 is 0 Å². The molecule has 0 atom stereocenters. The summed E-state index contributed by atoms with van der Waals surface area (Å²) in [6, 6.07) is 8.84. The molecule has 2 N–H and O–H groups in total. The average molecular weight is 340 g/mol. The second-order valence-electron chi connectivity index (χ2n) is 5.51. The van der Waals surface area contributed by atoms with Crippen LogP contribution in [0.5, 0.6) is 0 Å². The molecule has 0 aliphatic carbocycles. The first-order chi connectivity index (χ1) is 11.4. The summed E-state index contributed by atoms with van der Waals surface area (Å²) in [6.07, 6.45) is 0. The summed E-state index contributed by atoms with van der Waals surface area (Å²) in [6.45, 7) is 5.66. The van der Waals surface area contributed by atoms with E-state index in [9.17, 15) is 4.79 Å². The maximum Gasteiger partial charge on any atom is 0.336 e. The zero-order chi connectivity index (χ0) is 17.3. The Labute approximate surface area is 143 Å². The van der Waals surface area contributed by atoms with Gasteiger partial charge in [0.05, 0.1) is 0 Å². The molecule has 0 saturated heterocycles. The Morgan fingerprint density at radius 1 is 1.04 bits per heavy atom. The lowest BCUT2D eigenvalue weighted by molar-refractivity contribution is 0.560. The Hall–Kier alpha value is -2.80. The van der Waals surface area contributed by atoms with Crippen LogP contribution in [0.1, 0.15) is 17.0 Å². The molecule has 0 fully saturated rings. The van der Waals surface area contributed by atoms with Crippen LogP contribution in [0.3, 0.4) is 0 Å². The van der Waals surface area contributed by atoms with Gasteiger partial charge in [-0.15, -0.1) is 0 Å². The molecular formula is C17H16N4O2S. The molecule has 2 aromatic heterocycles. The lowest BCUT2D eigenvalue weighted by Gasteiger charge is -2.11. The SMILES string of the molecule is Cc1cc(C)nc(NC(=S)Nc2ccc3c(C)cc(=O)oc3c2)n1. The number of nitrogens with zero attached hydrogens (tertiary/aromatic N) is 2. The van der Waals surface area contributed by atoms with E-state index in [-0.39, 0.29) is 5.63 Å². The van der Waals surface area contributed by atoms with Crippen molar-refractivity contribution in [1.29, 1.82) is 0 Å². The minimum Gasteiger partial charge on any atom is -0.423 e. The third-order valence-electron chi connectivity index (χ3n) is 3.42. The highest BCUT2D eigenvalue weighted by molar-refractivity contribution is 7.80. The van der Waals surface area contributed by atoms with Gasteiger partial charge in [-0.05, 0) is 56.8 Å². The van der Waals surface area contributed by atoms with E-state index in [2.05, 4.69) is 20.6 Å². The van der Waals surface area contributed by atoms with Crippen molar-refractivity contribution >= 4 is 39.9 Å². The molecule has 3 rings (SSSR count). The van der Waals surface area contributed by atoms with Gasteiger partial charge in [0, 0.05) is 34.6 Å². The van der Waals surface area contributed by atoms with Crippen molar-refractivity contribution in [3.63, 3.8) is 0 Å². The van der Waals surface area contributed by atoms with Gasteiger partial charge in [-0.3, -0.25) is 0 Å². The fourth-order valence-corrected chi connectivity index (χ4v) is 2.66. The van der Waals surface area contributed by atoms with E-state index in [0.717, 1.165) is 22.3 Å². The largest absolute Gasteiger partial charge is 0.423 e. The third-order valence-corrected chi connectivity index (χ3v) is 3.62. The number of benzene rings is 1. The summed E-state index contributed by atoms with van der Waals surface area (Å²) in [7, 11) is 0. The van der Waals surface area contributed by atoms with Crippen LogP contribution in [-0.4, -0.2) is 15.1 Å². The Morgan fingerprint density at radius 3 is 2.46 bits per heavy atom. The topological polar surface area (TPSA) is 80.0 Å². The highest BCUT2D eigenvalue weighted by Crippen LogP contribution is 2.20. The van der Waals surface area contributed by atoms with Crippen molar-refractivity contribution < 1.29 is 4.42 Å². The molecule has 0 radical (unpaired) electrons. The van der Waals surface area contributed by atoms with Crippen molar-refractivity contribution in [2.24, 2.45) is 0 Å². The van der Waals surface area contributed by atoms with E-state index in [4.69, 9.17) is 16.6 Å². The van der Waals surface area contributed by atoms with Crippen LogP contribution in [0.2, 0.25) is 0 Å². The van der Waals surface area contributed by atoms with Crippen LogP contribution in [0.4, 0.5) is 11.6 Å². The van der Waals surface area contributed by atoms with Crippen LogP contribution >= 0.6 is 12.2 Å². The number of aryl methyl sites for hydroxylation is 3. The summed E-state index contributed by atoms with van der Waals surface area (Å²) in [4.78, 5) is 20.1. The van der Waals surface area contributed by atoms with Gasteiger partial charge in [-0.1, -0.05) is 0 Å². The fourth-order valence-electron chi connectivity index (χ4n) is 2.45. The number of rotatable bonds is 2. The molecule has 0 aliphatic heterocycles. The number of hydrogen-bond acceptors (Lipinski definition) is 5. The second kappa shape index (κ2) is 6.37. The van der Waals surface area contributed by atoms with Gasteiger partial charge in [-0.2, -0.15) is 0 Å². The number of fused-ring (bicyclic) bond motifs is 1. The van der Waals surface area contributed by atoms with E-state index in [1.54, 1.807) is 6.07 Å². The predicted molar refractivity (Wildman–Crippen MR) is 98.6 cm³/mol. The lowest BCUT2D eigenvalue weighted by Crippen LogP contribution is -2.21. The molecule has 1 aromatic carbocycles. The molecule has 6 nitrogen and oxygen atoms in total. The summed E-state index contributed by atoms with van der Waals surface area (Å²) in [5.41, 5.74) is 3.43. The van der Waals surface area contributed by atoms with Gasteiger partial charge in [0.2, 0.25) is 5.95 Å². The highest BCUT2D eigenvalue weighted by Gasteiger charge is 2.06. The molecule has 3 aromatic rings. The summed E-state index contributed by atoms with van der Waals surface area (Å²) < 4.78 is 5.23. The minimum atomic E-state index is -0.374. The molecule has 122 valence electrons. The predicted octanol–water partition coefficient (Wildman–Crippen LogP) is 3.32. The normalized spacial score (nSPS) is 10.6. The van der Waals surface area contributed by atoms with Crippen LogP contribution in [0, 0.1) is 20.8 Å². The van der Waals surface area contributed by atoms with Gasteiger partial charge in [0.15, 0.2) is 5.11 Å². The van der Waals surface area contributed by atoms with E-state index in [1.807, 2.05) is 39.0 Å². The Balaban J connectivity index is 1.81. The van der Waals surface area contributed by atoms with Gasteiger partial charge in [0.25, 0.3) is 0 Å². The summed E-state index contributed by atoms with van der Waals surface area (Å²) >= 11 is 5.28. The molecule has 0 bridgehead atoms. The van der Waals surface area contributed by atoms with Crippen molar-refractivity contribution in [3.05, 3.63) is 57.7 Å². The monoisotopic (exact) mass is 340 g/mol. The van der Waals surface area contributed by atoms with Crippen LogP contribution < -0.4 is 16.3 Å². The summed E-state index contributed by atoms with van der Waals surface area (Å²) in [5, 5.41) is 7.23. The van der Waals surface area contributed by atoms with Gasteiger partial charge in [0.1, 0.15) is 5.58 Å². The zero-order valence-corrected chi connectivity index (χ0v) is 14.3. The molecular weight excluding hydrogens is 324 g/mol. The second-order valence-corrected chi connectivity index (χ2v) is 5.92. The molecule has 0 unspecified atom stereocenters. The first kappa shape index (κ1) is 16.1. The number of thiocarbonyl (C=S) groups is 1. The number of hydrogen-bond donors (Lipinski definition) is 2. The number of nitrogens with one attached hydrogen (secondary N) is 2. The third kappa shape index (κ3) is 3.57. The average Bonchev–Trinajstić information content (AvgIpc) is 2.45. The fraction of sp³-hybridized carbons (Fsp3) is 0.176. The highest BCUT2D eigenvalue weighted by atomic mass is 32.1. The molecule has 0 spiro atoms. The Bertz CT molecular complexity index is 977. The first-order valence-corrected chi connectivity index (χ1v) is 7.76. The van der Waals surface area contributed by atoms with Crippen molar-refractivity contribution in [3.8, 4) is 0 Å². The van der Waals surface area contributed by atoms with E-state index < -0.39 is 0 Å². The molecule has 0 aliphatic rings. The van der Waals surface area contributed by atoms with E-state index in [1.165, 1.54) is 6.07 Å². The molecule has 0 saturated carbocycles. The number of aromatic nitrogens is 2. The maximum atomic E-state index is 11.5. The Morgan fingerprint density at radius 2 is 1.75 bits per heavy atom. The molecule has 0 amide bonds. The summed E-state index contributed by atoms with van der Waals surface area (Å²) in [5.74, 6) is 0.438. The Kier molecular flexibility index (Phi) is 4.26. The standard InChI is InChI=1S/C17H16N4O2S/c1-9-6-15(22)23-14-8-12(4-5-13(9)14)20-17(24)21-16-18-10(2)7-11(3)19-16/h4-8H,1-3H3,(H2,18,19,20,21,24). The van der Waals surface area contributed by atoms with Crippen molar-refractivity contribution in [1.82, 2.24) is 9.97 Å². The van der Waals surface area contributed by atoms with Crippen molar-refractivity contribution in [2.75, 3.05) is 10.6 Å². The quantitative estimate of drug-likeness (QED) is 0.547. The maximum absolute atomic E-state index is 11.5. The molecule has 24 heavy (non-hydrogen) atoms. The lowest BCUT2D eigenvalue weighted by atomic mass is 10.1. The van der Waals surface area contributed by atoms with E-state index in [0.29, 0.717) is 22.3 Å². The van der Waals surface area contributed by atoms with Crippen molar-refractivity contribution in [2.45, 2.75) is 20.8 Å². The zero-order valence-electron chi connectivity index (χ0n) is 13.5. The molecule has 2 heterocycles. The van der Waals surface area contributed by atoms with Crippen LogP contribution in [0.15, 0.2) is 39.5 Å². The molecule has 7 heteroatoms. The first-order valence-electron chi connectivity index (χ1n) is 7.35. The smallest absolute Gasteiger partial charge is 0.336 e. The van der Waals surface area contributed by atoms with Crippen LogP contribution in [-0.2, 0) is 0 Å². The van der Waals surface area contributed by atoms with Gasteiger partial charge < -0.3 is 15.1 Å². The van der Waals surface area contributed by atoms with Crippen LogP contribution in [0.25, 0.3) is 11.0 Å². The minimum absolute atomic E-state index is 0.356. The number of anilines is 2. The van der Waals surface area contributed by atoms with Gasteiger partial charge >= 0.3 is 5.63 Å². The van der Waals surface area contributed by atoms with Gasteiger partial charge in [-0.25, -0.2) is 14.8 Å².